The number of quaternary nitrogens is 1. The van der Waals surface area contributed by atoms with Crippen molar-refractivity contribution in [2.45, 2.75) is 46.3 Å². The van der Waals surface area contributed by atoms with E-state index in [0.717, 1.165) is 44.8 Å². The molecule has 1 atom stereocenters. The van der Waals surface area contributed by atoms with Gasteiger partial charge in [0.1, 0.15) is 13.1 Å². The minimum atomic E-state index is -0.332. The highest BCUT2D eigenvalue weighted by Gasteiger charge is 2.24. The zero-order valence-electron chi connectivity index (χ0n) is 17.7. The highest BCUT2D eigenvalue weighted by atomic mass is 16.2. The molecule has 0 radical (unpaired) electrons. The van der Waals surface area contributed by atoms with Crippen LogP contribution in [-0.4, -0.2) is 25.2 Å². The van der Waals surface area contributed by atoms with Crippen LogP contribution in [0, 0.1) is 5.92 Å². The van der Waals surface area contributed by atoms with Gasteiger partial charge >= 0.3 is 5.69 Å². The summed E-state index contributed by atoms with van der Waals surface area (Å²) >= 11 is 0. The summed E-state index contributed by atoms with van der Waals surface area (Å²) in [5.74, 6) is 1.42. The fourth-order valence-electron chi connectivity index (χ4n) is 4.27. The van der Waals surface area contributed by atoms with Crippen LogP contribution in [0.4, 0.5) is 0 Å². The summed E-state index contributed by atoms with van der Waals surface area (Å²) in [6.07, 6.45) is 2.01. The van der Waals surface area contributed by atoms with Crippen molar-refractivity contribution in [1.29, 1.82) is 0 Å². The molecular weight excluding hydrogens is 366 g/mol. The van der Waals surface area contributed by atoms with E-state index < -0.39 is 0 Å². The lowest BCUT2D eigenvalue weighted by molar-refractivity contribution is -0.930. The van der Waals surface area contributed by atoms with Crippen LogP contribution in [0.2, 0.25) is 0 Å². The van der Waals surface area contributed by atoms with Gasteiger partial charge in [0.2, 0.25) is 0 Å². The number of benzene rings is 1. The van der Waals surface area contributed by atoms with Crippen molar-refractivity contribution < 1.29 is 4.90 Å². The van der Waals surface area contributed by atoms with Gasteiger partial charge in [-0.1, -0.05) is 38.1 Å². The van der Waals surface area contributed by atoms with Gasteiger partial charge in [0.05, 0.1) is 6.54 Å². The molecule has 0 aliphatic carbocycles. The molecular formula is C22H30N5O2+. The molecule has 2 aromatic heterocycles. The Morgan fingerprint density at radius 1 is 1.10 bits per heavy atom. The first-order valence-corrected chi connectivity index (χ1v) is 10.4. The lowest BCUT2D eigenvalue weighted by Gasteiger charge is -2.25. The van der Waals surface area contributed by atoms with Crippen molar-refractivity contribution in [2.75, 3.05) is 6.54 Å². The molecule has 0 fully saturated rings. The molecule has 3 aromatic rings. The molecule has 1 aliphatic rings. The second-order valence-corrected chi connectivity index (χ2v) is 8.61. The Morgan fingerprint density at radius 2 is 1.83 bits per heavy atom. The maximum atomic E-state index is 12.9. The van der Waals surface area contributed by atoms with Crippen molar-refractivity contribution in [3.05, 3.63) is 62.1 Å². The Morgan fingerprint density at radius 3 is 2.55 bits per heavy atom. The number of fused-ring (bicyclic) bond motifs is 2. The standard InChI is InChI=1S/C22H29N5O2/c1-15(2)9-12-27-18(14-26-11-10-16-7-5-6-8-17(16)13-26)23-20-19(27)21(28)25(4)22(29)24(20)3/h5-8,15H,9-14H2,1-4H3/p+1. The fraction of sp³-hybridized carbons (Fsp3) is 0.500. The lowest BCUT2D eigenvalue weighted by atomic mass is 10.00. The van der Waals surface area contributed by atoms with Crippen LogP contribution in [0.5, 0.6) is 0 Å². The summed E-state index contributed by atoms with van der Waals surface area (Å²) in [7, 11) is 3.23. The summed E-state index contributed by atoms with van der Waals surface area (Å²) in [5.41, 5.74) is 3.27. The zero-order chi connectivity index (χ0) is 20.7. The number of hydrogen-bond acceptors (Lipinski definition) is 3. The number of rotatable bonds is 5. The number of aryl methyl sites for hydroxylation is 2. The Hall–Kier alpha value is -2.67. The van der Waals surface area contributed by atoms with E-state index >= 15 is 0 Å². The summed E-state index contributed by atoms with van der Waals surface area (Å²) < 4.78 is 4.74. The highest BCUT2D eigenvalue weighted by Crippen LogP contribution is 2.15. The van der Waals surface area contributed by atoms with Crippen molar-refractivity contribution in [3.8, 4) is 0 Å². The molecule has 1 unspecified atom stereocenters. The minimum Gasteiger partial charge on any atom is -0.325 e. The van der Waals surface area contributed by atoms with Gasteiger partial charge in [-0.3, -0.25) is 13.9 Å². The molecule has 0 amide bonds. The van der Waals surface area contributed by atoms with Gasteiger partial charge < -0.3 is 9.47 Å². The van der Waals surface area contributed by atoms with E-state index in [1.807, 2.05) is 0 Å². The topological polar surface area (TPSA) is 66.3 Å². The Balaban J connectivity index is 1.76. The molecule has 1 aromatic carbocycles. The van der Waals surface area contributed by atoms with Gasteiger partial charge in [-0.2, -0.15) is 0 Å². The highest BCUT2D eigenvalue weighted by molar-refractivity contribution is 5.71. The number of imidazole rings is 1. The summed E-state index contributed by atoms with van der Waals surface area (Å²) in [5, 5.41) is 0. The van der Waals surface area contributed by atoms with E-state index in [2.05, 4.69) is 42.7 Å². The summed E-state index contributed by atoms with van der Waals surface area (Å²) in [6, 6.07) is 8.61. The Labute approximate surface area is 170 Å². The van der Waals surface area contributed by atoms with Crippen LogP contribution in [0.25, 0.3) is 11.2 Å². The molecule has 0 bridgehead atoms. The van der Waals surface area contributed by atoms with E-state index in [4.69, 9.17) is 4.98 Å². The molecule has 3 heterocycles. The molecule has 0 spiro atoms. The number of nitrogens with one attached hydrogen (secondary N) is 1. The van der Waals surface area contributed by atoms with Gasteiger partial charge in [-0.05, 0) is 17.9 Å². The van der Waals surface area contributed by atoms with Crippen molar-refractivity contribution in [3.63, 3.8) is 0 Å². The molecule has 7 heteroatoms. The largest absolute Gasteiger partial charge is 0.332 e. The molecule has 0 saturated carbocycles. The Bertz CT molecular complexity index is 1170. The fourth-order valence-corrected chi connectivity index (χ4v) is 4.27. The predicted octanol–water partition coefficient (Wildman–Crippen LogP) is 0.621. The van der Waals surface area contributed by atoms with Crippen molar-refractivity contribution >= 4 is 11.2 Å². The van der Waals surface area contributed by atoms with E-state index in [1.54, 1.807) is 7.05 Å². The first kappa shape index (κ1) is 19.6. The van der Waals surface area contributed by atoms with Crippen LogP contribution >= 0.6 is 0 Å². The predicted molar refractivity (Wildman–Crippen MR) is 113 cm³/mol. The summed E-state index contributed by atoms with van der Waals surface area (Å²) in [4.78, 5) is 31.5. The van der Waals surface area contributed by atoms with E-state index in [9.17, 15) is 9.59 Å². The first-order valence-electron chi connectivity index (χ1n) is 10.4. The molecule has 7 nitrogen and oxygen atoms in total. The maximum Gasteiger partial charge on any atom is 0.332 e. The van der Waals surface area contributed by atoms with E-state index in [0.29, 0.717) is 17.1 Å². The third-order valence-electron chi connectivity index (χ3n) is 6.07. The number of nitrogens with zero attached hydrogens (tertiary/aromatic N) is 4. The van der Waals surface area contributed by atoms with E-state index in [1.165, 1.54) is 32.2 Å². The summed E-state index contributed by atoms with van der Waals surface area (Å²) in [6.45, 7) is 7.85. The first-order chi connectivity index (χ1) is 13.9. The van der Waals surface area contributed by atoms with Crippen LogP contribution in [-0.2, 0) is 40.2 Å². The van der Waals surface area contributed by atoms with Crippen molar-refractivity contribution in [1.82, 2.24) is 18.7 Å². The third kappa shape index (κ3) is 3.55. The quantitative estimate of drug-likeness (QED) is 0.688. The Kier molecular flexibility index (Phi) is 5.17. The van der Waals surface area contributed by atoms with E-state index in [-0.39, 0.29) is 11.2 Å². The monoisotopic (exact) mass is 396 g/mol. The molecule has 29 heavy (non-hydrogen) atoms. The molecule has 4 rings (SSSR count). The smallest absolute Gasteiger partial charge is 0.325 e. The average molecular weight is 397 g/mol. The number of aromatic nitrogens is 4. The molecule has 154 valence electrons. The van der Waals surface area contributed by atoms with Gasteiger partial charge in [-0.25, -0.2) is 9.78 Å². The zero-order valence-corrected chi connectivity index (χ0v) is 17.7. The molecule has 1 N–H and O–H groups in total. The van der Waals surface area contributed by atoms with Gasteiger partial charge in [0.25, 0.3) is 5.56 Å². The molecule has 0 saturated heterocycles. The van der Waals surface area contributed by atoms with Crippen LogP contribution < -0.4 is 16.1 Å². The number of hydrogen-bond donors (Lipinski definition) is 1. The second-order valence-electron chi connectivity index (χ2n) is 8.61. The lowest BCUT2D eigenvalue weighted by Crippen LogP contribution is -3.10. The second kappa shape index (κ2) is 7.63. The van der Waals surface area contributed by atoms with Gasteiger partial charge in [-0.15, -0.1) is 0 Å². The van der Waals surface area contributed by atoms with Gasteiger partial charge in [0, 0.05) is 32.6 Å². The van der Waals surface area contributed by atoms with Crippen LogP contribution in [0.15, 0.2) is 33.9 Å². The maximum absolute atomic E-state index is 12.9. The van der Waals surface area contributed by atoms with Crippen molar-refractivity contribution in [2.24, 2.45) is 20.0 Å². The SMILES string of the molecule is CC(C)CCn1c(C[NH+]2CCc3ccccc3C2)nc2c1c(=O)n(C)c(=O)n2C. The normalized spacial score (nSPS) is 16.5. The van der Waals surface area contributed by atoms with Crippen LogP contribution in [0.3, 0.4) is 0 Å². The third-order valence-corrected chi connectivity index (χ3v) is 6.07. The average Bonchev–Trinajstić information content (AvgIpc) is 3.07. The minimum absolute atomic E-state index is 0.260. The van der Waals surface area contributed by atoms with Gasteiger partial charge in [0.15, 0.2) is 17.0 Å². The van der Waals surface area contributed by atoms with Crippen LogP contribution in [0.1, 0.15) is 37.2 Å². The molecule has 1 aliphatic heterocycles.